The number of para-hydroxylation sites is 2. The highest BCUT2D eigenvalue weighted by atomic mass is 16.6. The molecule has 37 heavy (non-hydrogen) atoms. The number of anilines is 1. The number of carbonyl (C=O) groups is 3. The number of hydrogen-bond donors (Lipinski definition) is 3. The molecule has 0 aliphatic heterocycles. The van der Waals surface area contributed by atoms with Gasteiger partial charge >= 0.3 is 6.09 Å². The first kappa shape index (κ1) is 29.7. The topological polar surface area (TPSA) is 108 Å². The van der Waals surface area contributed by atoms with E-state index in [4.69, 9.17) is 4.74 Å². The number of benzene rings is 2. The fourth-order valence-corrected chi connectivity index (χ4v) is 4.07. The summed E-state index contributed by atoms with van der Waals surface area (Å²) < 4.78 is 5.31. The third kappa shape index (κ3) is 8.51. The Hall–Kier alpha value is -3.55. The van der Waals surface area contributed by atoms with E-state index in [2.05, 4.69) is 10.6 Å². The van der Waals surface area contributed by atoms with Crippen molar-refractivity contribution in [1.29, 1.82) is 0 Å². The van der Waals surface area contributed by atoms with E-state index in [9.17, 15) is 19.5 Å². The number of nitrogens with zero attached hydrogens (tertiary/aromatic N) is 1. The Bertz CT molecular complexity index is 1070. The number of amides is 3. The normalized spacial score (nSPS) is 12.8. The van der Waals surface area contributed by atoms with Gasteiger partial charge in [0, 0.05) is 17.8 Å². The quantitative estimate of drug-likeness (QED) is 0.359. The van der Waals surface area contributed by atoms with Crippen LogP contribution in [0.15, 0.2) is 42.5 Å². The molecular weight excluding hydrogens is 470 g/mol. The van der Waals surface area contributed by atoms with Gasteiger partial charge in [0.15, 0.2) is 0 Å². The van der Waals surface area contributed by atoms with Crippen molar-refractivity contribution in [1.82, 2.24) is 10.2 Å². The SMILES string of the molecule is CCCCCN(C(=O)C(C)NC(=O)OC(C)(C)C)C(C(=O)Nc1c(C)cccc1C)c1ccccc1O. The molecule has 0 saturated carbocycles. The van der Waals surface area contributed by atoms with Crippen molar-refractivity contribution in [2.24, 2.45) is 0 Å². The largest absolute Gasteiger partial charge is 0.508 e. The van der Waals surface area contributed by atoms with Gasteiger partial charge in [-0.05, 0) is 65.2 Å². The lowest BCUT2D eigenvalue weighted by molar-refractivity contribution is -0.140. The average Bonchev–Trinajstić information content (AvgIpc) is 2.80. The molecule has 2 atom stereocenters. The van der Waals surface area contributed by atoms with Gasteiger partial charge in [-0.3, -0.25) is 9.59 Å². The molecule has 0 bridgehead atoms. The molecule has 2 aromatic rings. The van der Waals surface area contributed by atoms with E-state index in [-0.39, 0.29) is 12.3 Å². The predicted molar refractivity (Wildman–Crippen MR) is 145 cm³/mol. The van der Waals surface area contributed by atoms with Crippen molar-refractivity contribution in [3.8, 4) is 5.75 Å². The van der Waals surface area contributed by atoms with Gasteiger partial charge in [0.2, 0.25) is 5.91 Å². The Labute approximate surface area is 220 Å². The fraction of sp³-hybridized carbons (Fsp3) is 0.483. The van der Waals surface area contributed by atoms with E-state index in [0.717, 1.165) is 24.0 Å². The van der Waals surface area contributed by atoms with Crippen LogP contribution in [-0.4, -0.2) is 46.1 Å². The first-order valence-electron chi connectivity index (χ1n) is 12.8. The highest BCUT2D eigenvalue weighted by Gasteiger charge is 2.36. The van der Waals surface area contributed by atoms with Gasteiger partial charge in [-0.1, -0.05) is 56.2 Å². The second kappa shape index (κ2) is 13.1. The Kier molecular flexibility index (Phi) is 10.5. The van der Waals surface area contributed by atoms with Crippen molar-refractivity contribution < 1.29 is 24.2 Å². The molecule has 2 unspecified atom stereocenters. The zero-order valence-electron chi connectivity index (χ0n) is 23.1. The number of aromatic hydroxyl groups is 1. The smallest absolute Gasteiger partial charge is 0.408 e. The molecule has 0 heterocycles. The number of nitrogens with one attached hydrogen (secondary N) is 2. The summed E-state index contributed by atoms with van der Waals surface area (Å²) in [6.07, 6.45) is 1.70. The van der Waals surface area contributed by atoms with Gasteiger partial charge < -0.3 is 25.4 Å². The summed E-state index contributed by atoms with van der Waals surface area (Å²) in [6, 6.07) is 10.1. The minimum Gasteiger partial charge on any atom is -0.508 e. The third-order valence-corrected chi connectivity index (χ3v) is 5.91. The van der Waals surface area contributed by atoms with Crippen LogP contribution < -0.4 is 10.6 Å². The summed E-state index contributed by atoms with van der Waals surface area (Å²) in [6.45, 7) is 12.9. The van der Waals surface area contributed by atoms with Gasteiger partial charge in [0.1, 0.15) is 23.4 Å². The van der Waals surface area contributed by atoms with E-state index in [0.29, 0.717) is 17.7 Å². The standard InChI is InChI=1S/C29H41N3O5/c1-8-9-12-18-32(27(35)21(4)30-28(36)37-29(5,6)7)25(22-16-10-11-17-23(22)33)26(34)31-24-19(2)14-13-15-20(24)3/h10-11,13-17,21,25,33H,8-9,12,18H2,1-7H3,(H,30,36)(H,31,34). The van der Waals surface area contributed by atoms with Crippen molar-refractivity contribution in [3.05, 3.63) is 59.2 Å². The van der Waals surface area contributed by atoms with Crippen LogP contribution in [0.25, 0.3) is 0 Å². The number of phenols is 1. The Morgan fingerprint density at radius 1 is 1.00 bits per heavy atom. The van der Waals surface area contributed by atoms with Gasteiger partial charge in [-0.15, -0.1) is 0 Å². The maximum atomic E-state index is 13.9. The highest BCUT2D eigenvalue weighted by molar-refractivity contribution is 6.00. The predicted octanol–water partition coefficient (Wildman–Crippen LogP) is 5.62. The number of carbonyl (C=O) groups excluding carboxylic acids is 3. The zero-order chi connectivity index (χ0) is 27.8. The molecule has 0 aliphatic rings. The molecule has 3 N–H and O–H groups in total. The maximum Gasteiger partial charge on any atom is 0.408 e. The summed E-state index contributed by atoms with van der Waals surface area (Å²) in [5.74, 6) is -0.995. The van der Waals surface area contributed by atoms with Gasteiger partial charge in [0.05, 0.1) is 0 Å². The molecule has 0 radical (unpaired) electrons. The molecule has 0 saturated heterocycles. The van der Waals surface area contributed by atoms with Crippen molar-refractivity contribution in [2.75, 3.05) is 11.9 Å². The summed E-state index contributed by atoms with van der Waals surface area (Å²) in [5, 5.41) is 16.3. The molecule has 3 amide bonds. The minimum atomic E-state index is -1.12. The summed E-state index contributed by atoms with van der Waals surface area (Å²) in [4.78, 5) is 41.4. The molecule has 0 spiro atoms. The lowest BCUT2D eigenvalue weighted by atomic mass is 10.0. The van der Waals surface area contributed by atoms with Crippen molar-refractivity contribution >= 4 is 23.6 Å². The third-order valence-electron chi connectivity index (χ3n) is 5.91. The second-order valence-electron chi connectivity index (χ2n) is 10.3. The Morgan fingerprint density at radius 2 is 1.62 bits per heavy atom. The summed E-state index contributed by atoms with van der Waals surface area (Å²) in [7, 11) is 0. The molecule has 0 aromatic heterocycles. The van der Waals surface area contributed by atoms with Gasteiger partial charge in [-0.25, -0.2) is 4.79 Å². The zero-order valence-corrected chi connectivity index (χ0v) is 23.1. The number of ether oxygens (including phenoxy) is 1. The van der Waals surface area contributed by atoms with Crippen LogP contribution in [0.1, 0.15) is 76.6 Å². The summed E-state index contributed by atoms with van der Waals surface area (Å²) in [5.41, 5.74) is 2.01. The first-order valence-corrected chi connectivity index (χ1v) is 12.8. The highest BCUT2D eigenvalue weighted by Crippen LogP contribution is 2.32. The van der Waals surface area contributed by atoms with E-state index in [1.807, 2.05) is 39.0 Å². The van der Waals surface area contributed by atoms with Crippen LogP contribution in [0.2, 0.25) is 0 Å². The number of phenolic OH excluding ortho intramolecular Hbond substituents is 1. The van der Waals surface area contributed by atoms with Crippen LogP contribution in [0, 0.1) is 13.8 Å². The van der Waals surface area contributed by atoms with Crippen LogP contribution >= 0.6 is 0 Å². The molecular formula is C29H41N3O5. The van der Waals surface area contributed by atoms with E-state index in [1.165, 1.54) is 11.0 Å². The molecule has 0 fully saturated rings. The van der Waals surface area contributed by atoms with Crippen LogP contribution in [0.4, 0.5) is 10.5 Å². The lowest BCUT2D eigenvalue weighted by Gasteiger charge is -2.34. The van der Waals surface area contributed by atoms with E-state index in [1.54, 1.807) is 45.9 Å². The van der Waals surface area contributed by atoms with Crippen LogP contribution in [-0.2, 0) is 14.3 Å². The van der Waals surface area contributed by atoms with Crippen LogP contribution in [0.5, 0.6) is 5.75 Å². The molecule has 0 aliphatic carbocycles. The number of aryl methyl sites for hydroxylation is 2. The average molecular weight is 512 g/mol. The lowest BCUT2D eigenvalue weighted by Crippen LogP contribution is -2.51. The monoisotopic (exact) mass is 511 g/mol. The fourth-order valence-electron chi connectivity index (χ4n) is 4.07. The van der Waals surface area contributed by atoms with Crippen LogP contribution in [0.3, 0.4) is 0 Å². The molecule has 2 aromatic carbocycles. The molecule has 202 valence electrons. The minimum absolute atomic E-state index is 0.0924. The van der Waals surface area contributed by atoms with Crippen molar-refractivity contribution in [3.63, 3.8) is 0 Å². The number of alkyl carbamates (subject to hydrolysis) is 1. The number of hydrogen-bond acceptors (Lipinski definition) is 5. The van der Waals surface area contributed by atoms with Crippen molar-refractivity contribution in [2.45, 2.75) is 85.4 Å². The van der Waals surface area contributed by atoms with Gasteiger partial charge in [0.25, 0.3) is 5.91 Å². The maximum absolute atomic E-state index is 13.9. The van der Waals surface area contributed by atoms with E-state index >= 15 is 0 Å². The molecule has 8 heteroatoms. The van der Waals surface area contributed by atoms with E-state index < -0.39 is 35.6 Å². The number of unbranched alkanes of at least 4 members (excludes halogenated alkanes) is 2. The number of rotatable bonds is 10. The summed E-state index contributed by atoms with van der Waals surface area (Å²) >= 11 is 0. The van der Waals surface area contributed by atoms with Gasteiger partial charge in [-0.2, -0.15) is 0 Å². The second-order valence-corrected chi connectivity index (χ2v) is 10.3. The molecule has 8 nitrogen and oxygen atoms in total. The molecule has 2 rings (SSSR count). The Balaban J connectivity index is 2.48. The Morgan fingerprint density at radius 3 is 2.19 bits per heavy atom. The first-order chi connectivity index (χ1) is 17.4.